The third-order valence-electron chi connectivity index (χ3n) is 3.46. The normalized spacial score (nSPS) is 12.0. The minimum Gasteiger partial charge on any atom is -0.504 e. The number of carbonyl (C=O) groups is 1. The lowest BCUT2D eigenvalue weighted by molar-refractivity contribution is -0.121. The number of anilines is 1. The number of phenols is 1. The number of para-hydroxylation sites is 1. The van der Waals surface area contributed by atoms with E-state index in [-0.39, 0.29) is 11.7 Å². The molecule has 1 atom stereocenters. The van der Waals surface area contributed by atoms with E-state index in [1.165, 1.54) is 13.3 Å². The van der Waals surface area contributed by atoms with Crippen LogP contribution in [0.3, 0.4) is 0 Å². The van der Waals surface area contributed by atoms with Gasteiger partial charge in [0, 0.05) is 11.3 Å². The zero-order valence-electron chi connectivity index (χ0n) is 13.9. The van der Waals surface area contributed by atoms with Crippen LogP contribution in [-0.4, -0.2) is 30.4 Å². The second-order valence-electron chi connectivity index (χ2n) is 5.36. The molecule has 3 N–H and O–H groups in total. The Balaban J connectivity index is 1.93. The number of nitrogens with zero attached hydrogens (tertiary/aromatic N) is 1. The fraction of sp³-hybridized carbons (Fsp3) is 0.222. The number of benzene rings is 2. The zero-order chi connectivity index (χ0) is 17.5. The van der Waals surface area contributed by atoms with Gasteiger partial charge in [0.15, 0.2) is 11.5 Å². The van der Waals surface area contributed by atoms with Crippen molar-refractivity contribution in [2.45, 2.75) is 19.9 Å². The number of phenolic OH excluding ortho intramolecular Hbond substituents is 1. The van der Waals surface area contributed by atoms with Crippen molar-refractivity contribution in [2.75, 3.05) is 12.4 Å². The van der Waals surface area contributed by atoms with Gasteiger partial charge in [0.25, 0.3) is 5.91 Å². The highest BCUT2D eigenvalue weighted by Gasteiger charge is 2.11. The van der Waals surface area contributed by atoms with Gasteiger partial charge in [-0.25, -0.2) is 5.43 Å². The first-order valence-electron chi connectivity index (χ1n) is 7.53. The first-order chi connectivity index (χ1) is 11.5. The van der Waals surface area contributed by atoms with E-state index in [0.29, 0.717) is 11.3 Å². The van der Waals surface area contributed by atoms with E-state index in [1.54, 1.807) is 25.1 Å². The number of methoxy groups -OCH3 is 1. The average Bonchev–Trinajstić information content (AvgIpc) is 2.58. The van der Waals surface area contributed by atoms with E-state index in [2.05, 4.69) is 15.8 Å². The number of ether oxygens (including phenoxy) is 1. The molecule has 24 heavy (non-hydrogen) atoms. The maximum atomic E-state index is 12.0. The van der Waals surface area contributed by atoms with Crippen LogP contribution < -0.4 is 15.5 Å². The molecule has 2 aromatic carbocycles. The highest BCUT2D eigenvalue weighted by molar-refractivity contribution is 5.88. The molecule has 126 valence electrons. The number of carbonyl (C=O) groups excluding carboxylic acids is 1. The van der Waals surface area contributed by atoms with Gasteiger partial charge in [-0.15, -0.1) is 0 Å². The fourth-order valence-electron chi connectivity index (χ4n) is 2.04. The summed E-state index contributed by atoms with van der Waals surface area (Å²) in [5.41, 5.74) is 4.91. The van der Waals surface area contributed by atoms with Crippen LogP contribution in [0.25, 0.3) is 0 Å². The number of nitrogens with one attached hydrogen (secondary N) is 2. The Morgan fingerprint density at radius 1 is 1.25 bits per heavy atom. The minimum atomic E-state index is -0.455. The third kappa shape index (κ3) is 4.49. The van der Waals surface area contributed by atoms with Crippen molar-refractivity contribution >= 4 is 17.8 Å². The van der Waals surface area contributed by atoms with Gasteiger partial charge in [-0.1, -0.05) is 23.8 Å². The van der Waals surface area contributed by atoms with Gasteiger partial charge in [0.2, 0.25) is 0 Å². The molecule has 6 nitrogen and oxygen atoms in total. The Labute approximate surface area is 141 Å². The first-order valence-corrected chi connectivity index (χ1v) is 7.53. The van der Waals surface area contributed by atoms with Crippen LogP contribution in [0.2, 0.25) is 0 Å². The van der Waals surface area contributed by atoms with Crippen molar-refractivity contribution in [3.8, 4) is 11.5 Å². The quantitative estimate of drug-likeness (QED) is 0.563. The van der Waals surface area contributed by atoms with Crippen molar-refractivity contribution in [1.29, 1.82) is 0 Å². The van der Waals surface area contributed by atoms with E-state index < -0.39 is 6.04 Å². The van der Waals surface area contributed by atoms with Crippen LogP contribution in [0.5, 0.6) is 11.5 Å². The van der Waals surface area contributed by atoms with Crippen molar-refractivity contribution in [3.05, 3.63) is 53.6 Å². The van der Waals surface area contributed by atoms with Crippen molar-refractivity contribution < 1.29 is 14.6 Å². The smallest absolute Gasteiger partial charge is 0.262 e. The Morgan fingerprint density at radius 3 is 2.62 bits per heavy atom. The maximum absolute atomic E-state index is 12.0. The van der Waals surface area contributed by atoms with E-state index >= 15 is 0 Å². The third-order valence-corrected chi connectivity index (χ3v) is 3.46. The van der Waals surface area contributed by atoms with Crippen molar-refractivity contribution in [2.24, 2.45) is 5.10 Å². The Kier molecular flexibility index (Phi) is 5.78. The predicted octanol–water partition coefficient (Wildman–Crippen LogP) is 2.66. The molecule has 0 aromatic heterocycles. The lowest BCUT2D eigenvalue weighted by Crippen LogP contribution is -2.34. The molecular weight excluding hydrogens is 306 g/mol. The summed E-state index contributed by atoms with van der Waals surface area (Å²) in [5.74, 6) is 0.0396. The predicted molar refractivity (Wildman–Crippen MR) is 94.7 cm³/mol. The van der Waals surface area contributed by atoms with Gasteiger partial charge in [-0.2, -0.15) is 5.10 Å². The van der Waals surface area contributed by atoms with Gasteiger partial charge >= 0.3 is 0 Å². The molecule has 0 saturated heterocycles. The molecule has 0 aliphatic heterocycles. The highest BCUT2D eigenvalue weighted by atomic mass is 16.5. The molecular formula is C18H21N3O3. The van der Waals surface area contributed by atoms with Crippen LogP contribution >= 0.6 is 0 Å². The highest BCUT2D eigenvalue weighted by Crippen LogP contribution is 2.27. The Bertz CT molecular complexity index is 727. The van der Waals surface area contributed by atoms with Crippen molar-refractivity contribution in [1.82, 2.24) is 5.43 Å². The molecule has 0 radical (unpaired) electrons. The van der Waals surface area contributed by atoms with E-state index in [4.69, 9.17) is 4.74 Å². The van der Waals surface area contributed by atoms with Crippen molar-refractivity contribution in [3.63, 3.8) is 0 Å². The summed E-state index contributed by atoms with van der Waals surface area (Å²) in [5, 5.41) is 16.9. The fourth-order valence-corrected chi connectivity index (χ4v) is 2.04. The number of amides is 1. The van der Waals surface area contributed by atoms with Crippen LogP contribution in [0.4, 0.5) is 5.69 Å². The van der Waals surface area contributed by atoms with Gasteiger partial charge < -0.3 is 15.2 Å². The van der Waals surface area contributed by atoms with E-state index in [9.17, 15) is 9.90 Å². The Morgan fingerprint density at radius 2 is 1.96 bits per heavy atom. The summed E-state index contributed by atoms with van der Waals surface area (Å²) in [6.45, 7) is 3.75. The summed E-state index contributed by atoms with van der Waals surface area (Å²) in [7, 11) is 1.47. The standard InChI is InChI=1S/C18H21N3O3/c1-12-7-9-15(10-8-12)20-13(2)18(23)21-19-11-14-5-4-6-16(24-3)17(14)22/h4-11,13,20,22H,1-3H3,(H,21,23)/b19-11+. The molecule has 2 aromatic rings. The van der Waals surface area contributed by atoms with E-state index in [1.807, 2.05) is 31.2 Å². The van der Waals surface area contributed by atoms with Gasteiger partial charge in [0.1, 0.15) is 6.04 Å². The Hall–Kier alpha value is -3.02. The van der Waals surface area contributed by atoms with Crippen LogP contribution in [-0.2, 0) is 4.79 Å². The van der Waals surface area contributed by atoms with Crippen LogP contribution in [0.15, 0.2) is 47.6 Å². The van der Waals surface area contributed by atoms with Gasteiger partial charge in [-0.05, 0) is 38.1 Å². The number of hydrogen-bond donors (Lipinski definition) is 3. The molecule has 1 unspecified atom stereocenters. The number of aromatic hydroxyl groups is 1. The summed E-state index contributed by atoms with van der Waals surface area (Å²) >= 11 is 0. The average molecular weight is 327 g/mol. The number of aryl methyl sites for hydroxylation is 1. The molecule has 2 rings (SSSR count). The number of hydrazone groups is 1. The number of hydrogen-bond acceptors (Lipinski definition) is 5. The summed E-state index contributed by atoms with van der Waals surface area (Å²) < 4.78 is 5.02. The monoisotopic (exact) mass is 327 g/mol. The lowest BCUT2D eigenvalue weighted by atomic mass is 10.2. The zero-order valence-corrected chi connectivity index (χ0v) is 13.9. The molecule has 0 saturated carbocycles. The second-order valence-corrected chi connectivity index (χ2v) is 5.36. The van der Waals surface area contributed by atoms with Gasteiger partial charge in [0.05, 0.1) is 13.3 Å². The molecule has 1 amide bonds. The summed E-state index contributed by atoms with van der Waals surface area (Å²) in [6, 6.07) is 12.3. The molecule has 0 bridgehead atoms. The topological polar surface area (TPSA) is 83.0 Å². The van der Waals surface area contributed by atoms with Crippen LogP contribution in [0.1, 0.15) is 18.1 Å². The SMILES string of the molecule is COc1cccc(/C=N/NC(=O)C(C)Nc2ccc(C)cc2)c1O. The molecule has 0 fully saturated rings. The summed E-state index contributed by atoms with van der Waals surface area (Å²) in [4.78, 5) is 12.0. The molecule has 0 aliphatic carbocycles. The van der Waals surface area contributed by atoms with Crippen LogP contribution in [0, 0.1) is 6.92 Å². The minimum absolute atomic E-state index is 0.0242. The number of rotatable bonds is 6. The first kappa shape index (κ1) is 17.3. The van der Waals surface area contributed by atoms with E-state index in [0.717, 1.165) is 11.3 Å². The molecule has 6 heteroatoms. The maximum Gasteiger partial charge on any atom is 0.262 e. The lowest BCUT2D eigenvalue weighted by Gasteiger charge is -2.13. The molecule has 0 spiro atoms. The summed E-state index contributed by atoms with van der Waals surface area (Å²) in [6.07, 6.45) is 1.37. The second kappa shape index (κ2) is 8.01. The van der Waals surface area contributed by atoms with Gasteiger partial charge in [-0.3, -0.25) is 4.79 Å². The molecule has 0 heterocycles. The largest absolute Gasteiger partial charge is 0.504 e. The molecule has 0 aliphatic rings.